The van der Waals surface area contributed by atoms with Gasteiger partial charge in [-0.3, -0.25) is 4.90 Å². The summed E-state index contributed by atoms with van der Waals surface area (Å²) in [6.07, 6.45) is 11.9. The molecule has 94 valence electrons. The molecule has 0 N–H and O–H groups in total. The number of piperidine rings is 1. The van der Waals surface area contributed by atoms with Gasteiger partial charge in [-0.15, -0.1) is 0 Å². The molecule has 3 rings (SSSR count). The lowest BCUT2D eigenvalue weighted by Crippen LogP contribution is -2.42. The summed E-state index contributed by atoms with van der Waals surface area (Å²) in [5.74, 6) is 0.956. The average Bonchev–Trinajstić information content (AvgIpc) is 2.88. The Kier molecular flexibility index (Phi) is 3.24. The van der Waals surface area contributed by atoms with Crippen LogP contribution in [-0.2, 0) is 6.42 Å². The third-order valence-electron chi connectivity index (χ3n) is 4.58. The second kappa shape index (κ2) is 4.85. The smallest absolute Gasteiger partial charge is 0.0934 e. The highest BCUT2D eigenvalue weighted by atomic mass is 16.3. The van der Waals surface area contributed by atoms with E-state index in [2.05, 4.69) is 17.9 Å². The highest BCUT2D eigenvalue weighted by molar-refractivity contribution is 5.05. The molecule has 1 aromatic rings. The lowest BCUT2D eigenvalue weighted by Gasteiger charge is -2.37. The van der Waals surface area contributed by atoms with Crippen molar-refractivity contribution in [2.24, 2.45) is 5.92 Å². The van der Waals surface area contributed by atoms with Crippen molar-refractivity contribution >= 4 is 0 Å². The maximum atomic E-state index is 5.11. The highest BCUT2D eigenvalue weighted by Gasteiger charge is 2.38. The molecule has 0 radical (unpaired) electrons. The van der Waals surface area contributed by atoms with Gasteiger partial charge in [0.1, 0.15) is 0 Å². The van der Waals surface area contributed by atoms with Crippen molar-refractivity contribution in [1.29, 1.82) is 0 Å². The first-order chi connectivity index (χ1) is 8.33. The van der Waals surface area contributed by atoms with Crippen LogP contribution in [0.4, 0.5) is 0 Å². The Hall–Kier alpha value is -0.760. The van der Waals surface area contributed by atoms with Gasteiger partial charge in [0.05, 0.1) is 12.5 Å². The van der Waals surface area contributed by atoms with Gasteiger partial charge < -0.3 is 4.42 Å². The lowest BCUT2D eigenvalue weighted by atomic mass is 9.92. The zero-order valence-corrected chi connectivity index (χ0v) is 10.8. The van der Waals surface area contributed by atoms with Crippen LogP contribution in [0.25, 0.3) is 0 Å². The molecule has 2 aliphatic heterocycles. The first-order valence-corrected chi connectivity index (χ1v) is 7.10. The van der Waals surface area contributed by atoms with E-state index in [-0.39, 0.29) is 0 Å². The molecular weight excluding hydrogens is 210 g/mol. The standard InChI is InChI=1S/C15H23NO/c1-12-9-14-4-5-15(10-12)16(14)7-2-3-13-6-8-17-11-13/h6,8,11-12,14-15H,2-5,7,9-10H2,1H3. The van der Waals surface area contributed by atoms with E-state index in [1.807, 2.05) is 6.26 Å². The van der Waals surface area contributed by atoms with Crippen molar-refractivity contribution in [1.82, 2.24) is 4.90 Å². The number of aryl methyl sites for hydroxylation is 1. The second-order valence-corrected chi connectivity index (χ2v) is 5.93. The van der Waals surface area contributed by atoms with Crippen molar-refractivity contribution in [3.8, 4) is 0 Å². The van der Waals surface area contributed by atoms with Crippen LogP contribution in [0.15, 0.2) is 23.0 Å². The maximum Gasteiger partial charge on any atom is 0.0934 e. The number of fused-ring (bicyclic) bond motifs is 2. The average molecular weight is 233 g/mol. The molecule has 0 amide bonds. The Labute approximate surface area is 104 Å². The van der Waals surface area contributed by atoms with Crippen molar-refractivity contribution in [3.63, 3.8) is 0 Å². The Balaban J connectivity index is 1.49. The van der Waals surface area contributed by atoms with E-state index in [0.29, 0.717) is 0 Å². The molecule has 2 saturated heterocycles. The zero-order valence-electron chi connectivity index (χ0n) is 10.8. The van der Waals surface area contributed by atoms with E-state index in [0.717, 1.165) is 18.0 Å². The maximum absolute atomic E-state index is 5.11. The number of rotatable bonds is 4. The fourth-order valence-electron chi connectivity index (χ4n) is 3.81. The fourth-order valence-corrected chi connectivity index (χ4v) is 3.81. The second-order valence-electron chi connectivity index (χ2n) is 5.93. The van der Waals surface area contributed by atoms with Crippen molar-refractivity contribution in [3.05, 3.63) is 24.2 Å². The van der Waals surface area contributed by atoms with Crippen LogP contribution in [-0.4, -0.2) is 23.5 Å². The zero-order chi connectivity index (χ0) is 11.7. The van der Waals surface area contributed by atoms with E-state index >= 15 is 0 Å². The molecule has 2 unspecified atom stereocenters. The van der Waals surface area contributed by atoms with Crippen molar-refractivity contribution in [2.75, 3.05) is 6.54 Å². The Morgan fingerprint density at radius 1 is 1.29 bits per heavy atom. The van der Waals surface area contributed by atoms with Crippen molar-refractivity contribution in [2.45, 2.75) is 57.5 Å². The molecule has 1 aromatic heterocycles. The van der Waals surface area contributed by atoms with E-state index < -0.39 is 0 Å². The molecule has 0 aromatic carbocycles. The molecule has 2 heteroatoms. The third-order valence-corrected chi connectivity index (χ3v) is 4.58. The summed E-state index contributed by atoms with van der Waals surface area (Å²) in [6.45, 7) is 3.71. The van der Waals surface area contributed by atoms with Crippen LogP contribution in [0.2, 0.25) is 0 Å². The van der Waals surface area contributed by atoms with Gasteiger partial charge in [-0.2, -0.15) is 0 Å². The molecule has 2 nitrogen and oxygen atoms in total. The predicted molar refractivity (Wildman–Crippen MR) is 68.9 cm³/mol. The monoisotopic (exact) mass is 233 g/mol. The van der Waals surface area contributed by atoms with Crippen LogP contribution in [0, 0.1) is 5.92 Å². The van der Waals surface area contributed by atoms with Gasteiger partial charge >= 0.3 is 0 Å². The largest absolute Gasteiger partial charge is 0.472 e. The normalized spacial score (nSPS) is 33.1. The van der Waals surface area contributed by atoms with Gasteiger partial charge in [0.2, 0.25) is 0 Å². The number of hydrogen-bond donors (Lipinski definition) is 0. The summed E-state index contributed by atoms with van der Waals surface area (Å²) in [5.41, 5.74) is 1.35. The minimum atomic E-state index is 0.896. The molecule has 2 aliphatic rings. The van der Waals surface area contributed by atoms with Crippen LogP contribution in [0.3, 0.4) is 0 Å². The van der Waals surface area contributed by atoms with E-state index in [1.165, 1.54) is 50.6 Å². The molecule has 2 fully saturated rings. The van der Waals surface area contributed by atoms with E-state index in [9.17, 15) is 0 Å². The Morgan fingerprint density at radius 2 is 2.06 bits per heavy atom. The highest BCUT2D eigenvalue weighted by Crippen LogP contribution is 2.38. The quantitative estimate of drug-likeness (QED) is 0.791. The molecule has 2 bridgehead atoms. The first kappa shape index (κ1) is 11.3. The van der Waals surface area contributed by atoms with Gasteiger partial charge in [0.25, 0.3) is 0 Å². The summed E-state index contributed by atoms with van der Waals surface area (Å²) < 4.78 is 5.11. The number of nitrogens with zero attached hydrogens (tertiary/aromatic N) is 1. The fraction of sp³-hybridized carbons (Fsp3) is 0.733. The summed E-state index contributed by atoms with van der Waals surface area (Å²) in [4.78, 5) is 2.79. The molecule has 0 saturated carbocycles. The predicted octanol–water partition coefficient (Wildman–Crippen LogP) is 3.48. The molecular formula is C15H23NO. The SMILES string of the molecule is CC1CC2CCC(C1)N2CCCc1ccoc1. The summed E-state index contributed by atoms with van der Waals surface area (Å²) in [7, 11) is 0. The minimum absolute atomic E-state index is 0.896. The van der Waals surface area contributed by atoms with E-state index in [4.69, 9.17) is 4.42 Å². The van der Waals surface area contributed by atoms with Crippen LogP contribution >= 0.6 is 0 Å². The van der Waals surface area contributed by atoms with Gasteiger partial charge in [0.15, 0.2) is 0 Å². The summed E-state index contributed by atoms with van der Waals surface area (Å²) in [6, 6.07) is 3.88. The molecule has 17 heavy (non-hydrogen) atoms. The van der Waals surface area contributed by atoms with Crippen LogP contribution in [0.1, 0.15) is 44.6 Å². The van der Waals surface area contributed by atoms with Gasteiger partial charge in [0, 0.05) is 12.1 Å². The van der Waals surface area contributed by atoms with Crippen molar-refractivity contribution < 1.29 is 4.42 Å². The number of furan rings is 1. The lowest BCUT2D eigenvalue weighted by molar-refractivity contribution is 0.109. The molecule has 0 spiro atoms. The molecule has 2 atom stereocenters. The summed E-state index contributed by atoms with van der Waals surface area (Å²) in [5, 5.41) is 0. The third kappa shape index (κ3) is 2.42. The van der Waals surface area contributed by atoms with Crippen LogP contribution in [0.5, 0.6) is 0 Å². The summed E-state index contributed by atoms with van der Waals surface area (Å²) >= 11 is 0. The Bertz CT molecular complexity index is 332. The first-order valence-electron chi connectivity index (χ1n) is 7.10. The van der Waals surface area contributed by atoms with Gasteiger partial charge in [-0.25, -0.2) is 0 Å². The minimum Gasteiger partial charge on any atom is -0.472 e. The van der Waals surface area contributed by atoms with Gasteiger partial charge in [-0.05, 0) is 62.6 Å². The van der Waals surface area contributed by atoms with Gasteiger partial charge in [-0.1, -0.05) is 6.92 Å². The molecule has 3 heterocycles. The van der Waals surface area contributed by atoms with E-state index in [1.54, 1.807) is 6.26 Å². The Morgan fingerprint density at radius 3 is 2.71 bits per heavy atom. The topological polar surface area (TPSA) is 16.4 Å². The number of hydrogen-bond acceptors (Lipinski definition) is 2. The molecule has 0 aliphatic carbocycles. The van der Waals surface area contributed by atoms with Crippen LogP contribution < -0.4 is 0 Å².